The number of nitrogens with zero attached hydrogens (tertiary/aromatic N) is 5. The number of carbonyl (C=O) groups is 1. The first-order valence-corrected chi connectivity index (χ1v) is 14.7. The van der Waals surface area contributed by atoms with E-state index in [1.54, 1.807) is 0 Å². The molecule has 1 fully saturated rings. The summed E-state index contributed by atoms with van der Waals surface area (Å²) >= 11 is 16.7. The van der Waals surface area contributed by atoms with Crippen molar-refractivity contribution in [2.45, 2.75) is 6.04 Å². The number of alkyl halides is 2. The van der Waals surface area contributed by atoms with Crippen molar-refractivity contribution in [2.75, 3.05) is 92.4 Å². The second-order valence-electron chi connectivity index (χ2n) is 10.3. The molecule has 0 bridgehead atoms. The SMILES string of the molecule is CN1CCN(C(c2ccccc2)c2ccc(Cl)cc2)CC1.C[N+](C)(C)CCO.O=NN(CCCl)C(=O)NCCCl. The highest BCUT2D eigenvalue weighted by atomic mass is 35.5. The number of benzene rings is 2. The zero-order chi connectivity index (χ0) is 30.0. The molecule has 12 heteroatoms. The average molecular weight is 619 g/mol. The summed E-state index contributed by atoms with van der Waals surface area (Å²) in [5, 5.41) is 14.7. The van der Waals surface area contributed by atoms with E-state index < -0.39 is 6.03 Å². The highest BCUT2D eigenvalue weighted by molar-refractivity contribution is 6.30. The lowest BCUT2D eigenvalue weighted by atomic mass is 9.96. The number of nitrogens with one attached hydrogen (secondary N) is 1. The van der Waals surface area contributed by atoms with Gasteiger partial charge >= 0.3 is 6.03 Å². The standard InChI is InChI=1S/C18H21ClN2.C5H9Cl2N3O2.C5H14NO/c1-20-11-13-21(14-12-20)18(15-5-3-2-4-6-15)16-7-9-17(19)10-8-16;6-1-3-8-5(11)10(9-12)4-2-7;1-6(2,3)4-5-7/h2-10,18H,11-14H2,1H3;1-4H2,(H,8,11);7H,4-5H2,1-3H3/q;;+1. The van der Waals surface area contributed by atoms with Gasteiger partial charge in [0.2, 0.25) is 0 Å². The maximum atomic E-state index is 10.9. The number of nitroso groups, excluding NO2 is 1. The van der Waals surface area contributed by atoms with Gasteiger partial charge in [-0.15, -0.1) is 28.1 Å². The van der Waals surface area contributed by atoms with E-state index in [4.69, 9.17) is 39.9 Å². The van der Waals surface area contributed by atoms with Gasteiger partial charge in [-0.05, 0) is 30.3 Å². The fourth-order valence-corrected chi connectivity index (χ4v) is 4.16. The van der Waals surface area contributed by atoms with Crippen molar-refractivity contribution in [3.8, 4) is 0 Å². The number of carbonyl (C=O) groups excluding carboxylic acids is 1. The summed E-state index contributed by atoms with van der Waals surface area (Å²) in [4.78, 5) is 25.9. The number of aliphatic hydroxyl groups excluding tert-OH is 1. The molecule has 224 valence electrons. The summed E-state index contributed by atoms with van der Waals surface area (Å²) in [6.45, 7) is 5.95. The minimum Gasteiger partial charge on any atom is -0.391 e. The lowest BCUT2D eigenvalue weighted by Gasteiger charge is -2.38. The van der Waals surface area contributed by atoms with Crippen LogP contribution in [0.25, 0.3) is 0 Å². The molecular weight excluding hydrogens is 575 g/mol. The summed E-state index contributed by atoms with van der Waals surface area (Å²) in [6.07, 6.45) is 0. The Hall–Kier alpha value is -1.98. The van der Waals surface area contributed by atoms with Gasteiger partial charge in [-0.3, -0.25) is 4.90 Å². The molecule has 2 N–H and O–H groups in total. The lowest BCUT2D eigenvalue weighted by molar-refractivity contribution is -0.870. The molecule has 3 rings (SSSR count). The van der Waals surface area contributed by atoms with Crippen molar-refractivity contribution in [3.63, 3.8) is 0 Å². The molecule has 1 saturated heterocycles. The Labute approximate surface area is 254 Å². The van der Waals surface area contributed by atoms with E-state index in [1.807, 2.05) is 12.1 Å². The summed E-state index contributed by atoms with van der Waals surface area (Å²) in [5.74, 6) is 0.458. The molecule has 0 saturated carbocycles. The van der Waals surface area contributed by atoms with Crippen LogP contribution in [-0.2, 0) is 0 Å². The molecule has 1 atom stereocenters. The third-order valence-corrected chi connectivity index (χ3v) is 6.58. The maximum absolute atomic E-state index is 10.9. The van der Waals surface area contributed by atoms with Crippen molar-refractivity contribution < 1.29 is 14.4 Å². The van der Waals surface area contributed by atoms with Crippen LogP contribution in [0.4, 0.5) is 4.79 Å². The van der Waals surface area contributed by atoms with Gasteiger partial charge in [0.25, 0.3) is 0 Å². The minimum absolute atomic E-state index is 0.0964. The van der Waals surface area contributed by atoms with Crippen LogP contribution in [0, 0.1) is 4.91 Å². The first-order chi connectivity index (χ1) is 19.1. The molecule has 2 amide bonds. The number of piperazine rings is 1. The van der Waals surface area contributed by atoms with Crippen LogP contribution >= 0.6 is 34.8 Å². The highest BCUT2D eigenvalue weighted by Gasteiger charge is 2.25. The normalized spacial score (nSPS) is 14.6. The summed E-state index contributed by atoms with van der Waals surface area (Å²) in [7, 11) is 8.35. The van der Waals surface area contributed by atoms with Crippen LogP contribution in [0.2, 0.25) is 5.02 Å². The van der Waals surface area contributed by atoms with Crippen LogP contribution in [0.15, 0.2) is 59.9 Å². The molecular formula is C28H44Cl3N6O3+. The molecule has 1 aliphatic rings. The van der Waals surface area contributed by atoms with Gasteiger partial charge in [0, 0.05) is 49.5 Å². The molecule has 1 heterocycles. The average Bonchev–Trinajstić information content (AvgIpc) is 2.93. The maximum Gasteiger partial charge on any atom is 0.340 e. The van der Waals surface area contributed by atoms with Crippen molar-refractivity contribution in [2.24, 2.45) is 5.29 Å². The Morgan fingerprint density at radius 2 is 1.57 bits per heavy atom. The van der Waals surface area contributed by atoms with Crippen LogP contribution in [0.3, 0.4) is 0 Å². The number of quaternary nitrogens is 1. The number of hydrogen-bond donors (Lipinski definition) is 2. The number of halogens is 3. The number of hydrogen-bond acceptors (Lipinski definition) is 6. The smallest absolute Gasteiger partial charge is 0.340 e. The molecule has 0 aromatic heterocycles. The predicted molar refractivity (Wildman–Crippen MR) is 166 cm³/mol. The Balaban J connectivity index is 0.000000357. The van der Waals surface area contributed by atoms with Crippen LogP contribution in [-0.4, -0.2) is 123 Å². The van der Waals surface area contributed by atoms with Gasteiger partial charge in [0.15, 0.2) is 0 Å². The van der Waals surface area contributed by atoms with Crippen LogP contribution in [0.5, 0.6) is 0 Å². The Bertz CT molecular complexity index is 956. The third-order valence-electron chi connectivity index (χ3n) is 5.97. The van der Waals surface area contributed by atoms with E-state index in [-0.39, 0.29) is 19.0 Å². The van der Waals surface area contributed by atoms with Crippen molar-refractivity contribution >= 4 is 40.8 Å². The second kappa shape index (κ2) is 20.0. The largest absolute Gasteiger partial charge is 0.391 e. The van der Waals surface area contributed by atoms with E-state index in [0.717, 1.165) is 42.2 Å². The molecule has 2 aromatic carbocycles. The van der Waals surface area contributed by atoms with Crippen molar-refractivity contribution in [3.05, 3.63) is 75.7 Å². The van der Waals surface area contributed by atoms with Gasteiger partial charge in [0.1, 0.15) is 6.54 Å². The Kier molecular flexibility index (Phi) is 18.0. The van der Waals surface area contributed by atoms with Gasteiger partial charge in [-0.25, -0.2) is 4.79 Å². The number of rotatable bonds is 10. The molecule has 2 aromatic rings. The number of likely N-dealkylation sites (N-methyl/N-ethyl adjacent to an activating group) is 2. The van der Waals surface area contributed by atoms with E-state index in [1.165, 1.54) is 11.1 Å². The van der Waals surface area contributed by atoms with Gasteiger partial charge in [-0.2, -0.15) is 5.01 Å². The van der Waals surface area contributed by atoms with Gasteiger partial charge in [-0.1, -0.05) is 54.1 Å². The van der Waals surface area contributed by atoms with E-state index in [2.05, 4.69) is 91.1 Å². The van der Waals surface area contributed by atoms with Gasteiger partial charge < -0.3 is 19.8 Å². The first kappa shape index (κ1) is 36.0. The molecule has 1 aliphatic heterocycles. The second-order valence-corrected chi connectivity index (χ2v) is 11.4. The molecule has 0 radical (unpaired) electrons. The fraction of sp³-hybridized carbons (Fsp3) is 0.536. The van der Waals surface area contributed by atoms with E-state index in [9.17, 15) is 9.70 Å². The molecule has 40 heavy (non-hydrogen) atoms. The summed E-state index contributed by atoms with van der Waals surface area (Å²) in [6, 6.07) is 18.8. The highest BCUT2D eigenvalue weighted by Crippen LogP contribution is 2.30. The minimum atomic E-state index is -0.578. The number of urea groups is 1. The van der Waals surface area contributed by atoms with E-state index >= 15 is 0 Å². The first-order valence-electron chi connectivity index (χ1n) is 13.2. The quantitative estimate of drug-likeness (QED) is 0.177. The number of aliphatic hydroxyl groups is 1. The molecule has 9 nitrogen and oxygen atoms in total. The van der Waals surface area contributed by atoms with E-state index in [0.29, 0.717) is 23.5 Å². The monoisotopic (exact) mass is 617 g/mol. The van der Waals surface area contributed by atoms with Gasteiger partial charge in [0.05, 0.1) is 45.6 Å². The van der Waals surface area contributed by atoms with Crippen LogP contribution in [0.1, 0.15) is 17.2 Å². The topological polar surface area (TPSA) is 88.5 Å². The zero-order valence-corrected chi connectivity index (χ0v) is 26.2. The predicted octanol–water partition coefficient (Wildman–Crippen LogP) is 4.52. The van der Waals surface area contributed by atoms with Crippen LogP contribution < -0.4 is 5.32 Å². The Morgan fingerprint density at radius 1 is 1.00 bits per heavy atom. The lowest BCUT2D eigenvalue weighted by Crippen LogP contribution is -2.46. The fourth-order valence-electron chi connectivity index (χ4n) is 3.78. The molecule has 0 aliphatic carbocycles. The molecule has 0 spiro atoms. The summed E-state index contributed by atoms with van der Waals surface area (Å²) < 4.78 is 0.844. The van der Waals surface area contributed by atoms with Crippen molar-refractivity contribution in [1.29, 1.82) is 0 Å². The zero-order valence-electron chi connectivity index (χ0n) is 24.0. The van der Waals surface area contributed by atoms with Crippen molar-refractivity contribution in [1.82, 2.24) is 20.1 Å². The third kappa shape index (κ3) is 14.6. The molecule has 1 unspecified atom stereocenters. The Morgan fingerprint density at radius 3 is 2.02 bits per heavy atom. The summed E-state index contributed by atoms with van der Waals surface area (Å²) in [5.41, 5.74) is 2.67. The number of amides is 2.